The smallest absolute Gasteiger partial charge is 0.410 e. The Labute approximate surface area is 207 Å². The molecule has 0 spiro atoms. The van der Waals surface area contributed by atoms with Crippen LogP contribution in [0, 0.1) is 18.8 Å². The zero-order valence-electron chi connectivity index (χ0n) is 21.5. The molecule has 1 saturated carbocycles. The summed E-state index contributed by atoms with van der Waals surface area (Å²) in [5.74, 6) is 0.0560. The van der Waals surface area contributed by atoms with Crippen LogP contribution in [0.2, 0.25) is 0 Å². The highest BCUT2D eigenvalue weighted by molar-refractivity contribution is 5.70. The SMILES string of the molecule is CCCC(C)N(C)C(=O)OCc1c(-c2ccc(OC[C@H]3CCC[C@H](C(=O)O)C3)c(C)c2)nnn1C. The molecule has 2 aromatic rings. The molecular formula is C26H38N4O5. The first-order valence-corrected chi connectivity index (χ1v) is 12.5. The van der Waals surface area contributed by atoms with Gasteiger partial charge in [-0.1, -0.05) is 25.0 Å². The zero-order valence-corrected chi connectivity index (χ0v) is 21.5. The normalized spacial score (nSPS) is 18.7. The molecule has 9 heteroatoms. The highest BCUT2D eigenvalue weighted by Gasteiger charge is 2.27. The van der Waals surface area contributed by atoms with Crippen LogP contribution in [0.4, 0.5) is 4.79 Å². The third-order valence-electron chi connectivity index (χ3n) is 6.99. The molecule has 0 aliphatic heterocycles. The molecular weight excluding hydrogens is 448 g/mol. The molecule has 1 amide bonds. The lowest BCUT2D eigenvalue weighted by molar-refractivity contribution is -0.143. The number of hydrogen-bond donors (Lipinski definition) is 1. The van der Waals surface area contributed by atoms with Crippen LogP contribution in [0.3, 0.4) is 0 Å². The van der Waals surface area contributed by atoms with E-state index in [0.29, 0.717) is 24.4 Å². The molecule has 1 aromatic carbocycles. The van der Waals surface area contributed by atoms with Crippen LogP contribution in [-0.2, 0) is 23.2 Å². The number of benzene rings is 1. The second-order valence-corrected chi connectivity index (χ2v) is 9.67. The molecule has 0 radical (unpaired) electrons. The Bertz CT molecular complexity index is 1020. The topological polar surface area (TPSA) is 107 Å². The van der Waals surface area contributed by atoms with Crippen LogP contribution < -0.4 is 4.74 Å². The number of hydrogen-bond acceptors (Lipinski definition) is 6. The Kier molecular flexibility index (Phi) is 9.12. The molecule has 3 rings (SSSR count). The van der Waals surface area contributed by atoms with Crippen molar-refractivity contribution >= 4 is 12.1 Å². The van der Waals surface area contributed by atoms with Crippen LogP contribution >= 0.6 is 0 Å². The molecule has 1 aromatic heterocycles. The quantitative estimate of drug-likeness (QED) is 0.513. The van der Waals surface area contributed by atoms with E-state index in [1.807, 2.05) is 32.0 Å². The van der Waals surface area contributed by atoms with E-state index < -0.39 is 5.97 Å². The van der Waals surface area contributed by atoms with Crippen LogP contribution in [-0.4, -0.2) is 56.8 Å². The second-order valence-electron chi connectivity index (χ2n) is 9.67. The Balaban J connectivity index is 1.64. The molecule has 192 valence electrons. The highest BCUT2D eigenvalue weighted by Crippen LogP contribution is 2.32. The number of aryl methyl sites for hydroxylation is 2. The van der Waals surface area contributed by atoms with E-state index in [1.54, 1.807) is 23.7 Å². The van der Waals surface area contributed by atoms with Crippen LogP contribution in [0.15, 0.2) is 18.2 Å². The summed E-state index contributed by atoms with van der Waals surface area (Å²) in [6, 6.07) is 5.93. The highest BCUT2D eigenvalue weighted by atomic mass is 16.6. The van der Waals surface area contributed by atoms with Crippen molar-refractivity contribution in [3.8, 4) is 17.0 Å². The maximum absolute atomic E-state index is 12.5. The fourth-order valence-electron chi connectivity index (χ4n) is 4.62. The lowest BCUT2D eigenvalue weighted by Gasteiger charge is -2.26. The standard InChI is InChI=1S/C26H38N4O5/c1-6-8-18(3)29(4)26(33)35-16-22-24(27-28-30(22)5)20-11-12-23(17(2)13-20)34-15-19-9-7-10-21(14-19)25(31)32/h11-13,18-19,21H,6-10,14-16H2,1-5H3,(H,31,32)/t18?,19-,21-/m0/s1. The number of ether oxygens (including phenoxy) is 2. The summed E-state index contributed by atoms with van der Waals surface area (Å²) in [6.45, 7) is 6.66. The number of carbonyl (C=O) groups is 2. The van der Waals surface area contributed by atoms with E-state index in [1.165, 1.54) is 0 Å². The van der Waals surface area contributed by atoms with Gasteiger partial charge < -0.3 is 19.5 Å². The maximum atomic E-state index is 12.5. The van der Waals surface area contributed by atoms with Crippen molar-refractivity contribution < 1.29 is 24.2 Å². The predicted molar refractivity (Wildman–Crippen MR) is 132 cm³/mol. The Hall–Kier alpha value is -3.10. The third kappa shape index (κ3) is 6.74. The third-order valence-corrected chi connectivity index (χ3v) is 6.99. The minimum atomic E-state index is -0.706. The maximum Gasteiger partial charge on any atom is 0.410 e. The summed E-state index contributed by atoms with van der Waals surface area (Å²) in [6.07, 6.45) is 4.89. The van der Waals surface area contributed by atoms with Gasteiger partial charge in [-0.05, 0) is 69.2 Å². The number of rotatable bonds is 10. The molecule has 1 N–H and O–H groups in total. The number of carboxylic acids is 1. The van der Waals surface area contributed by atoms with E-state index in [2.05, 4.69) is 17.2 Å². The average Bonchev–Trinajstić information content (AvgIpc) is 3.21. The van der Waals surface area contributed by atoms with Gasteiger partial charge in [-0.2, -0.15) is 0 Å². The number of carboxylic acid groups (broad SMARTS) is 1. The lowest BCUT2D eigenvalue weighted by Crippen LogP contribution is -2.35. The lowest BCUT2D eigenvalue weighted by atomic mass is 9.82. The van der Waals surface area contributed by atoms with Gasteiger partial charge in [-0.15, -0.1) is 5.10 Å². The summed E-state index contributed by atoms with van der Waals surface area (Å²) in [5.41, 5.74) is 3.20. The number of carbonyl (C=O) groups excluding carboxylic acids is 1. The molecule has 3 atom stereocenters. The van der Waals surface area contributed by atoms with Gasteiger partial charge in [0.05, 0.1) is 12.5 Å². The van der Waals surface area contributed by atoms with Crippen LogP contribution in [0.5, 0.6) is 5.75 Å². The molecule has 35 heavy (non-hydrogen) atoms. The molecule has 1 unspecified atom stereocenters. The number of amides is 1. The summed E-state index contributed by atoms with van der Waals surface area (Å²) >= 11 is 0. The van der Waals surface area contributed by atoms with E-state index in [-0.39, 0.29) is 30.6 Å². The fraction of sp³-hybridized carbons (Fsp3) is 0.615. The second kappa shape index (κ2) is 12.0. The van der Waals surface area contributed by atoms with Gasteiger partial charge >= 0.3 is 12.1 Å². The summed E-state index contributed by atoms with van der Waals surface area (Å²) in [7, 11) is 3.53. The molecule has 9 nitrogen and oxygen atoms in total. The Morgan fingerprint density at radius 1 is 1.31 bits per heavy atom. The van der Waals surface area contributed by atoms with Gasteiger partial charge in [0.25, 0.3) is 0 Å². The fourth-order valence-corrected chi connectivity index (χ4v) is 4.62. The van der Waals surface area contributed by atoms with Gasteiger partial charge in [-0.25, -0.2) is 9.48 Å². The Morgan fingerprint density at radius 3 is 2.77 bits per heavy atom. The van der Waals surface area contributed by atoms with Crippen molar-refractivity contribution in [2.45, 2.75) is 71.9 Å². The van der Waals surface area contributed by atoms with Gasteiger partial charge in [0.15, 0.2) is 0 Å². The summed E-state index contributed by atoms with van der Waals surface area (Å²) in [4.78, 5) is 25.4. The first-order valence-electron chi connectivity index (χ1n) is 12.5. The molecule has 1 aliphatic carbocycles. The van der Waals surface area contributed by atoms with Gasteiger partial charge in [-0.3, -0.25) is 4.79 Å². The first kappa shape index (κ1) is 26.5. The van der Waals surface area contributed by atoms with Crippen molar-refractivity contribution in [1.29, 1.82) is 0 Å². The number of aliphatic carboxylic acids is 1. The van der Waals surface area contributed by atoms with E-state index in [9.17, 15) is 14.7 Å². The van der Waals surface area contributed by atoms with Crippen molar-refractivity contribution in [3.05, 3.63) is 29.5 Å². The first-order chi connectivity index (χ1) is 16.7. The largest absolute Gasteiger partial charge is 0.493 e. The molecule has 1 heterocycles. The molecule has 1 aliphatic rings. The van der Waals surface area contributed by atoms with Gasteiger partial charge in [0.1, 0.15) is 23.7 Å². The molecule has 0 saturated heterocycles. The number of nitrogens with zero attached hydrogens (tertiary/aromatic N) is 4. The predicted octanol–water partition coefficient (Wildman–Crippen LogP) is 4.82. The monoisotopic (exact) mass is 486 g/mol. The van der Waals surface area contributed by atoms with Crippen molar-refractivity contribution in [1.82, 2.24) is 19.9 Å². The van der Waals surface area contributed by atoms with Crippen LogP contribution in [0.25, 0.3) is 11.3 Å². The van der Waals surface area contributed by atoms with Gasteiger partial charge in [0, 0.05) is 25.7 Å². The minimum absolute atomic E-state index is 0.0740. The van der Waals surface area contributed by atoms with E-state index in [4.69, 9.17) is 9.47 Å². The van der Waals surface area contributed by atoms with Crippen molar-refractivity contribution in [2.24, 2.45) is 18.9 Å². The van der Waals surface area contributed by atoms with Crippen molar-refractivity contribution in [3.63, 3.8) is 0 Å². The van der Waals surface area contributed by atoms with Gasteiger partial charge in [0.2, 0.25) is 0 Å². The molecule has 0 bridgehead atoms. The summed E-state index contributed by atoms with van der Waals surface area (Å²) < 4.78 is 13.3. The minimum Gasteiger partial charge on any atom is -0.493 e. The molecule has 1 fully saturated rings. The van der Waals surface area contributed by atoms with Crippen LogP contribution in [0.1, 0.15) is 63.6 Å². The van der Waals surface area contributed by atoms with E-state index >= 15 is 0 Å². The van der Waals surface area contributed by atoms with Crippen molar-refractivity contribution in [2.75, 3.05) is 13.7 Å². The zero-order chi connectivity index (χ0) is 25.5. The average molecular weight is 487 g/mol. The summed E-state index contributed by atoms with van der Waals surface area (Å²) in [5, 5.41) is 17.7. The number of aromatic nitrogens is 3. The Morgan fingerprint density at radius 2 is 2.09 bits per heavy atom. The van der Waals surface area contributed by atoms with E-state index in [0.717, 1.165) is 49.0 Å².